The van der Waals surface area contributed by atoms with Crippen LogP contribution in [0, 0.1) is 5.82 Å². The Labute approximate surface area is 106 Å². The zero-order valence-electron chi connectivity index (χ0n) is 10.4. The summed E-state index contributed by atoms with van der Waals surface area (Å²) in [4.78, 5) is 12.2. The largest absolute Gasteiger partial charge is 0.486 e. The zero-order valence-corrected chi connectivity index (χ0v) is 10.4. The minimum Gasteiger partial charge on any atom is -0.486 e. The molecule has 2 nitrogen and oxygen atoms in total. The van der Waals surface area contributed by atoms with E-state index < -0.39 is 0 Å². The first kappa shape index (κ1) is 11.7. The van der Waals surface area contributed by atoms with Crippen molar-refractivity contribution in [1.82, 2.24) is 0 Å². The van der Waals surface area contributed by atoms with Crippen molar-refractivity contribution in [2.75, 3.05) is 0 Å². The molecule has 3 heteroatoms. The summed E-state index contributed by atoms with van der Waals surface area (Å²) in [6, 6.07) is 4.25. The molecule has 1 spiro atoms. The van der Waals surface area contributed by atoms with Gasteiger partial charge in [-0.15, -0.1) is 0 Å². The number of benzene rings is 1. The van der Waals surface area contributed by atoms with E-state index in [-0.39, 0.29) is 17.2 Å². The normalized spacial score (nSPS) is 22.2. The maximum atomic E-state index is 13.2. The smallest absolute Gasteiger partial charge is 0.170 e. The summed E-state index contributed by atoms with van der Waals surface area (Å²) in [7, 11) is 0. The number of rotatable bonds is 0. The second-order valence-electron chi connectivity index (χ2n) is 5.44. The van der Waals surface area contributed by atoms with E-state index in [0.717, 1.165) is 25.7 Å². The Bertz CT molecular complexity index is 473. The molecule has 0 radical (unpaired) electrons. The van der Waals surface area contributed by atoms with Crippen LogP contribution >= 0.6 is 0 Å². The Hall–Kier alpha value is -1.38. The highest BCUT2D eigenvalue weighted by molar-refractivity contribution is 6.00. The average molecular weight is 248 g/mol. The van der Waals surface area contributed by atoms with Crippen LogP contribution < -0.4 is 4.74 Å². The topological polar surface area (TPSA) is 26.3 Å². The maximum Gasteiger partial charge on any atom is 0.170 e. The van der Waals surface area contributed by atoms with Gasteiger partial charge in [0.15, 0.2) is 5.78 Å². The molecule has 1 aliphatic heterocycles. The van der Waals surface area contributed by atoms with Gasteiger partial charge >= 0.3 is 0 Å². The average Bonchev–Trinajstić information content (AvgIpc) is 2.56. The zero-order chi connectivity index (χ0) is 12.6. The first-order valence-electron chi connectivity index (χ1n) is 6.70. The van der Waals surface area contributed by atoms with Gasteiger partial charge in [0.1, 0.15) is 17.2 Å². The van der Waals surface area contributed by atoms with Gasteiger partial charge in [0.2, 0.25) is 0 Å². The number of ether oxygens (including phenoxy) is 1. The lowest BCUT2D eigenvalue weighted by Gasteiger charge is -2.37. The summed E-state index contributed by atoms with van der Waals surface area (Å²) in [5.74, 6) is 0.217. The molecule has 0 saturated heterocycles. The molecule has 1 fully saturated rings. The third kappa shape index (κ3) is 2.02. The standard InChI is InChI=1S/C15H17FO2/c16-11-5-6-14-12(9-11)13(17)10-15(18-14)7-3-1-2-4-8-15/h5-6,9H,1-4,7-8,10H2. The van der Waals surface area contributed by atoms with E-state index in [9.17, 15) is 9.18 Å². The highest BCUT2D eigenvalue weighted by Gasteiger charge is 2.40. The first-order valence-corrected chi connectivity index (χ1v) is 6.70. The predicted octanol–water partition coefficient (Wildman–Crippen LogP) is 3.88. The van der Waals surface area contributed by atoms with Crippen LogP contribution in [-0.4, -0.2) is 11.4 Å². The van der Waals surface area contributed by atoms with Gasteiger partial charge in [0.05, 0.1) is 12.0 Å². The van der Waals surface area contributed by atoms with Crippen LogP contribution in [0.25, 0.3) is 0 Å². The van der Waals surface area contributed by atoms with Gasteiger partial charge in [-0.1, -0.05) is 12.8 Å². The summed E-state index contributed by atoms with van der Waals surface area (Å²) in [5.41, 5.74) is 0.0863. The van der Waals surface area contributed by atoms with Crippen molar-refractivity contribution in [3.63, 3.8) is 0 Å². The molecule has 0 amide bonds. The third-order valence-corrected chi connectivity index (χ3v) is 4.07. The predicted molar refractivity (Wildman–Crippen MR) is 66.4 cm³/mol. The van der Waals surface area contributed by atoms with Gasteiger partial charge in [0.25, 0.3) is 0 Å². The molecule has 3 rings (SSSR count). The van der Waals surface area contributed by atoms with Gasteiger partial charge in [-0.3, -0.25) is 4.79 Å². The lowest BCUT2D eigenvalue weighted by molar-refractivity contribution is 0.0296. The lowest BCUT2D eigenvalue weighted by atomic mass is 9.84. The number of carbonyl (C=O) groups excluding carboxylic acids is 1. The molecule has 0 N–H and O–H groups in total. The summed E-state index contributed by atoms with van der Waals surface area (Å²) in [5, 5.41) is 0. The van der Waals surface area contributed by atoms with Crippen molar-refractivity contribution >= 4 is 5.78 Å². The Morgan fingerprint density at radius 2 is 1.83 bits per heavy atom. The van der Waals surface area contributed by atoms with Crippen molar-refractivity contribution in [1.29, 1.82) is 0 Å². The van der Waals surface area contributed by atoms with Gasteiger partial charge in [-0.05, 0) is 43.9 Å². The second-order valence-corrected chi connectivity index (χ2v) is 5.44. The van der Waals surface area contributed by atoms with E-state index >= 15 is 0 Å². The van der Waals surface area contributed by atoms with Gasteiger partial charge < -0.3 is 4.74 Å². The molecule has 18 heavy (non-hydrogen) atoms. The lowest BCUT2D eigenvalue weighted by Crippen LogP contribution is -2.41. The van der Waals surface area contributed by atoms with Crippen molar-refractivity contribution in [2.24, 2.45) is 0 Å². The number of Topliss-reactive ketones (excluding diaryl/α,β-unsaturated/α-hetero) is 1. The Balaban J connectivity index is 1.95. The Morgan fingerprint density at radius 1 is 1.11 bits per heavy atom. The quantitative estimate of drug-likeness (QED) is 0.696. The van der Waals surface area contributed by atoms with E-state index in [1.54, 1.807) is 6.07 Å². The van der Waals surface area contributed by atoms with E-state index in [4.69, 9.17) is 4.74 Å². The van der Waals surface area contributed by atoms with Crippen LogP contribution in [-0.2, 0) is 0 Å². The fraction of sp³-hybridized carbons (Fsp3) is 0.533. The van der Waals surface area contributed by atoms with Crippen LogP contribution in [0.1, 0.15) is 55.3 Å². The van der Waals surface area contributed by atoms with Crippen LogP contribution in [0.5, 0.6) is 5.75 Å². The minimum absolute atomic E-state index is 0.0256. The molecule has 1 saturated carbocycles. The Kier molecular flexibility index (Phi) is 2.84. The monoisotopic (exact) mass is 248 g/mol. The van der Waals surface area contributed by atoms with E-state index in [1.165, 1.54) is 25.0 Å². The fourth-order valence-corrected chi connectivity index (χ4v) is 3.12. The molecule has 2 aliphatic rings. The summed E-state index contributed by atoms with van der Waals surface area (Å²) >= 11 is 0. The van der Waals surface area contributed by atoms with Crippen molar-refractivity contribution < 1.29 is 13.9 Å². The number of halogens is 1. The number of carbonyl (C=O) groups is 1. The minimum atomic E-state index is -0.373. The highest BCUT2D eigenvalue weighted by atomic mass is 19.1. The van der Waals surface area contributed by atoms with Crippen LogP contribution in [0.15, 0.2) is 18.2 Å². The fourth-order valence-electron chi connectivity index (χ4n) is 3.12. The van der Waals surface area contributed by atoms with Crippen LogP contribution in [0.2, 0.25) is 0 Å². The molecule has 96 valence electrons. The summed E-state index contributed by atoms with van der Waals surface area (Å²) in [6.45, 7) is 0. The van der Waals surface area contributed by atoms with Crippen molar-refractivity contribution in [3.8, 4) is 5.75 Å². The van der Waals surface area contributed by atoms with Gasteiger partial charge in [-0.2, -0.15) is 0 Å². The van der Waals surface area contributed by atoms with Crippen LogP contribution in [0.4, 0.5) is 4.39 Å². The number of hydrogen-bond acceptors (Lipinski definition) is 2. The number of ketones is 1. The molecule has 0 bridgehead atoms. The van der Waals surface area contributed by atoms with Gasteiger partial charge in [0, 0.05) is 0 Å². The van der Waals surface area contributed by atoms with Crippen molar-refractivity contribution in [3.05, 3.63) is 29.6 Å². The van der Waals surface area contributed by atoms with E-state index in [2.05, 4.69) is 0 Å². The number of fused-ring (bicyclic) bond motifs is 1. The third-order valence-electron chi connectivity index (χ3n) is 4.07. The van der Waals surface area contributed by atoms with E-state index in [0.29, 0.717) is 17.7 Å². The molecule has 1 aliphatic carbocycles. The molecule has 0 unspecified atom stereocenters. The first-order chi connectivity index (χ1) is 8.69. The second kappa shape index (κ2) is 4.38. The molecular weight excluding hydrogens is 231 g/mol. The van der Waals surface area contributed by atoms with Crippen LogP contribution in [0.3, 0.4) is 0 Å². The highest BCUT2D eigenvalue weighted by Crippen LogP contribution is 2.41. The SMILES string of the molecule is O=C1CC2(CCCCCC2)Oc2ccc(F)cc21. The molecule has 1 heterocycles. The van der Waals surface area contributed by atoms with Crippen molar-refractivity contribution in [2.45, 2.75) is 50.5 Å². The summed E-state index contributed by atoms with van der Waals surface area (Å²) < 4.78 is 19.2. The Morgan fingerprint density at radius 3 is 2.56 bits per heavy atom. The number of hydrogen-bond donors (Lipinski definition) is 0. The molecule has 0 aromatic heterocycles. The van der Waals surface area contributed by atoms with Gasteiger partial charge in [-0.25, -0.2) is 4.39 Å². The summed E-state index contributed by atoms with van der Waals surface area (Å²) in [6.07, 6.45) is 6.95. The molecule has 1 aromatic carbocycles. The van der Waals surface area contributed by atoms with E-state index in [1.807, 2.05) is 0 Å². The molecular formula is C15H17FO2. The maximum absolute atomic E-state index is 13.2. The molecule has 0 atom stereocenters. The molecule has 1 aromatic rings.